The minimum absolute atomic E-state index is 0.0513. The normalized spacial score (nSPS) is 21.8. The number of fused-ring (bicyclic) bond motifs is 2. The van der Waals surface area contributed by atoms with Gasteiger partial charge in [0, 0.05) is 44.7 Å². The predicted molar refractivity (Wildman–Crippen MR) is 149 cm³/mol. The molecule has 0 unspecified atom stereocenters. The van der Waals surface area contributed by atoms with Gasteiger partial charge in [-0.2, -0.15) is 0 Å². The van der Waals surface area contributed by atoms with Crippen molar-refractivity contribution < 1.29 is 33.6 Å². The Bertz CT molecular complexity index is 1220. The van der Waals surface area contributed by atoms with E-state index in [-0.39, 0.29) is 49.2 Å². The van der Waals surface area contributed by atoms with E-state index in [2.05, 4.69) is 17.1 Å². The molecule has 0 aromatic heterocycles. The van der Waals surface area contributed by atoms with Gasteiger partial charge >= 0.3 is 0 Å². The smallest absolute Gasteiger partial charge is 0.258 e. The Labute approximate surface area is 235 Å². The molecule has 0 radical (unpaired) electrons. The van der Waals surface area contributed by atoms with Crippen molar-refractivity contribution in [1.29, 1.82) is 0 Å². The van der Waals surface area contributed by atoms with Crippen LogP contribution < -0.4 is 19.5 Å². The lowest BCUT2D eigenvalue weighted by Crippen LogP contribution is -2.49. The molecule has 2 amide bonds. The molecule has 0 spiro atoms. The number of aliphatic hydroxyl groups is 1. The molecule has 3 atom stereocenters. The summed E-state index contributed by atoms with van der Waals surface area (Å²) in [5.41, 5.74) is 1.94. The van der Waals surface area contributed by atoms with Crippen molar-refractivity contribution >= 4 is 17.5 Å². The molecule has 3 aliphatic heterocycles. The van der Waals surface area contributed by atoms with Gasteiger partial charge in [0.15, 0.2) is 17.2 Å². The summed E-state index contributed by atoms with van der Waals surface area (Å²) in [7, 11) is 2.03. The Balaban J connectivity index is 1.40. The number of hydrogen-bond acceptors (Lipinski definition) is 8. The van der Waals surface area contributed by atoms with Crippen LogP contribution in [0.25, 0.3) is 0 Å². The standard InChI is InChI=1S/C30H39N3O7/c1-19-14-33(20(2)17-34)30(36)23-5-4-6-24(31-29(35)22-9-11-37-12-10-22)28(23)40-27(19)16-32(3)15-21-7-8-25-26(13-21)39-18-38-25/h4-8,13,19-20,22,27,34H,9-12,14-18H2,1-3H3,(H,31,35)/t19-,20+,27+/m1/s1. The van der Waals surface area contributed by atoms with Gasteiger partial charge in [-0.05, 0) is 56.6 Å². The fourth-order valence-electron chi connectivity index (χ4n) is 5.48. The number of anilines is 1. The second-order valence-corrected chi connectivity index (χ2v) is 11.1. The first-order chi connectivity index (χ1) is 19.3. The van der Waals surface area contributed by atoms with Crippen molar-refractivity contribution in [2.45, 2.75) is 45.4 Å². The van der Waals surface area contributed by atoms with Crippen LogP contribution in [-0.4, -0.2) is 85.6 Å². The van der Waals surface area contributed by atoms with Crippen LogP contribution in [-0.2, 0) is 16.1 Å². The molecule has 3 aliphatic rings. The third kappa shape index (κ3) is 6.19. The zero-order valence-corrected chi connectivity index (χ0v) is 23.4. The molecule has 0 saturated carbocycles. The lowest BCUT2D eigenvalue weighted by Gasteiger charge is -2.38. The number of hydrogen-bond donors (Lipinski definition) is 2. The molecule has 2 aromatic carbocycles. The van der Waals surface area contributed by atoms with Gasteiger partial charge in [-0.15, -0.1) is 0 Å². The number of ether oxygens (including phenoxy) is 4. The SMILES string of the molecule is C[C@@H]1CN([C@@H](C)CO)C(=O)c2cccc(NC(=O)C3CCOCC3)c2O[C@H]1CN(C)Cc1ccc2c(c1)OCO2. The van der Waals surface area contributed by atoms with E-state index in [9.17, 15) is 14.7 Å². The largest absolute Gasteiger partial charge is 0.486 e. The molecule has 10 nitrogen and oxygen atoms in total. The zero-order valence-electron chi connectivity index (χ0n) is 23.4. The number of carbonyl (C=O) groups is 2. The number of aliphatic hydroxyl groups excluding tert-OH is 1. The van der Waals surface area contributed by atoms with Crippen molar-refractivity contribution in [2.75, 3.05) is 52.1 Å². The summed E-state index contributed by atoms with van der Waals surface area (Å²) in [6.45, 7) is 6.76. The molecule has 2 aromatic rings. The Hall–Kier alpha value is -3.34. The summed E-state index contributed by atoms with van der Waals surface area (Å²) in [6, 6.07) is 10.8. The highest BCUT2D eigenvalue weighted by Crippen LogP contribution is 2.36. The monoisotopic (exact) mass is 553 g/mol. The highest BCUT2D eigenvalue weighted by atomic mass is 16.7. The van der Waals surface area contributed by atoms with Gasteiger partial charge in [-0.3, -0.25) is 14.5 Å². The fourth-order valence-corrected chi connectivity index (χ4v) is 5.48. The van der Waals surface area contributed by atoms with Gasteiger partial charge in [0.1, 0.15) is 6.10 Å². The second kappa shape index (κ2) is 12.4. The van der Waals surface area contributed by atoms with Crippen LogP contribution in [0.5, 0.6) is 17.2 Å². The lowest BCUT2D eigenvalue weighted by molar-refractivity contribution is -0.122. The van der Waals surface area contributed by atoms with Crippen LogP contribution in [0, 0.1) is 11.8 Å². The van der Waals surface area contributed by atoms with Gasteiger partial charge in [0.05, 0.1) is 23.9 Å². The number of likely N-dealkylation sites (N-methyl/N-ethyl adjacent to an activating group) is 1. The number of nitrogens with zero attached hydrogens (tertiary/aromatic N) is 2. The maximum atomic E-state index is 13.7. The highest BCUT2D eigenvalue weighted by Gasteiger charge is 2.35. The van der Waals surface area contributed by atoms with Gasteiger partial charge in [0.2, 0.25) is 12.7 Å². The first-order valence-electron chi connectivity index (χ1n) is 14.0. The molecule has 1 saturated heterocycles. The zero-order chi connectivity index (χ0) is 28.2. The Kier molecular flexibility index (Phi) is 8.78. The van der Waals surface area contributed by atoms with Crippen molar-refractivity contribution in [3.8, 4) is 17.2 Å². The van der Waals surface area contributed by atoms with Gasteiger partial charge in [-0.25, -0.2) is 0 Å². The summed E-state index contributed by atoms with van der Waals surface area (Å²) < 4.78 is 23.0. The molecule has 40 heavy (non-hydrogen) atoms. The van der Waals surface area contributed by atoms with E-state index in [1.807, 2.05) is 32.2 Å². The number of rotatable bonds is 8. The third-order valence-corrected chi connectivity index (χ3v) is 7.92. The Morgan fingerprint density at radius 2 is 1.95 bits per heavy atom. The molecule has 10 heteroatoms. The molecule has 1 fully saturated rings. The minimum Gasteiger partial charge on any atom is -0.486 e. The van der Waals surface area contributed by atoms with Crippen LogP contribution in [0.1, 0.15) is 42.6 Å². The molecule has 0 aliphatic carbocycles. The van der Waals surface area contributed by atoms with E-state index in [1.54, 1.807) is 23.1 Å². The first-order valence-corrected chi connectivity index (χ1v) is 14.0. The number of nitrogens with one attached hydrogen (secondary N) is 1. The number of para-hydroxylation sites is 1. The number of carbonyl (C=O) groups excluding carboxylic acids is 2. The highest BCUT2D eigenvalue weighted by molar-refractivity contribution is 6.02. The quantitative estimate of drug-likeness (QED) is 0.513. The Morgan fingerprint density at radius 3 is 2.73 bits per heavy atom. The van der Waals surface area contributed by atoms with Crippen LogP contribution in [0.2, 0.25) is 0 Å². The second-order valence-electron chi connectivity index (χ2n) is 11.1. The summed E-state index contributed by atoms with van der Waals surface area (Å²) in [4.78, 5) is 30.7. The summed E-state index contributed by atoms with van der Waals surface area (Å²) in [5, 5.41) is 13.0. The van der Waals surface area contributed by atoms with E-state index in [0.717, 1.165) is 17.1 Å². The maximum Gasteiger partial charge on any atom is 0.258 e. The molecular formula is C30H39N3O7. The van der Waals surface area contributed by atoms with E-state index >= 15 is 0 Å². The fraction of sp³-hybridized carbons (Fsp3) is 0.533. The van der Waals surface area contributed by atoms with Crippen molar-refractivity contribution in [3.63, 3.8) is 0 Å². The van der Waals surface area contributed by atoms with E-state index in [0.29, 0.717) is 62.7 Å². The summed E-state index contributed by atoms with van der Waals surface area (Å²) in [5.74, 6) is 1.34. The number of amides is 2. The Morgan fingerprint density at radius 1 is 1.18 bits per heavy atom. The van der Waals surface area contributed by atoms with Crippen molar-refractivity contribution in [3.05, 3.63) is 47.5 Å². The molecule has 2 N–H and O–H groups in total. The summed E-state index contributed by atoms with van der Waals surface area (Å²) >= 11 is 0. The van der Waals surface area contributed by atoms with Crippen LogP contribution >= 0.6 is 0 Å². The topological polar surface area (TPSA) is 110 Å². The van der Waals surface area contributed by atoms with Gasteiger partial charge in [-0.1, -0.05) is 19.1 Å². The van der Waals surface area contributed by atoms with Crippen LogP contribution in [0.3, 0.4) is 0 Å². The molecule has 216 valence electrons. The lowest BCUT2D eigenvalue weighted by atomic mass is 9.98. The average molecular weight is 554 g/mol. The van der Waals surface area contributed by atoms with Crippen LogP contribution in [0.15, 0.2) is 36.4 Å². The minimum atomic E-state index is -0.367. The van der Waals surface area contributed by atoms with Crippen molar-refractivity contribution in [1.82, 2.24) is 9.80 Å². The van der Waals surface area contributed by atoms with E-state index < -0.39 is 0 Å². The van der Waals surface area contributed by atoms with Gasteiger partial charge in [0.25, 0.3) is 5.91 Å². The third-order valence-electron chi connectivity index (χ3n) is 7.92. The van der Waals surface area contributed by atoms with Gasteiger partial charge < -0.3 is 34.3 Å². The van der Waals surface area contributed by atoms with Crippen molar-refractivity contribution in [2.24, 2.45) is 11.8 Å². The van der Waals surface area contributed by atoms with E-state index in [4.69, 9.17) is 18.9 Å². The average Bonchev–Trinajstić information content (AvgIpc) is 3.43. The number of benzene rings is 2. The van der Waals surface area contributed by atoms with E-state index in [1.165, 1.54) is 0 Å². The summed E-state index contributed by atoms with van der Waals surface area (Å²) in [6.07, 6.45) is 1.03. The molecule has 0 bridgehead atoms. The molecule has 3 heterocycles. The maximum absolute atomic E-state index is 13.7. The predicted octanol–water partition coefficient (Wildman–Crippen LogP) is 3.13. The first kappa shape index (κ1) is 28.2. The molecule has 5 rings (SSSR count). The molecular weight excluding hydrogens is 514 g/mol. The van der Waals surface area contributed by atoms with Crippen LogP contribution in [0.4, 0.5) is 5.69 Å².